The minimum absolute atomic E-state index is 0.346. The zero-order valence-electron chi connectivity index (χ0n) is 16.5. The topological polar surface area (TPSA) is 79.1 Å². The summed E-state index contributed by atoms with van der Waals surface area (Å²) < 4.78 is 51.8. The van der Waals surface area contributed by atoms with E-state index in [2.05, 4.69) is 15.1 Å². The van der Waals surface area contributed by atoms with Crippen molar-refractivity contribution in [2.45, 2.75) is 26.3 Å². The molecule has 0 fully saturated rings. The van der Waals surface area contributed by atoms with E-state index in [-0.39, 0.29) is 6.61 Å². The fourth-order valence-corrected chi connectivity index (χ4v) is 2.71. The van der Waals surface area contributed by atoms with Gasteiger partial charge < -0.3 is 9.47 Å². The van der Waals surface area contributed by atoms with E-state index in [0.717, 1.165) is 12.1 Å². The maximum absolute atomic E-state index is 13.3. The summed E-state index contributed by atoms with van der Waals surface area (Å²) in [5.74, 6) is -0.747. The maximum Gasteiger partial charge on any atom is 0.421 e. The summed E-state index contributed by atoms with van der Waals surface area (Å²) >= 11 is 5.87. The fourth-order valence-electron chi connectivity index (χ4n) is 2.58. The lowest BCUT2D eigenvalue weighted by molar-refractivity contribution is -0.142. The van der Waals surface area contributed by atoms with Gasteiger partial charge in [0.1, 0.15) is 30.6 Å². The number of rotatable bonds is 8. The first-order valence-electron chi connectivity index (χ1n) is 9.03. The molecule has 31 heavy (non-hydrogen) atoms. The number of Topliss-reactive ketones (excluding diaryl/α,β-unsaturated/α-hetero) is 1. The largest absolute Gasteiger partial charge is 0.476 e. The molecule has 0 amide bonds. The van der Waals surface area contributed by atoms with Gasteiger partial charge in [0.05, 0.1) is 5.41 Å². The van der Waals surface area contributed by atoms with Crippen molar-refractivity contribution in [1.82, 2.24) is 19.7 Å². The molecular formula is C20H18ClF3N4O3. The summed E-state index contributed by atoms with van der Waals surface area (Å²) in [6.07, 6.45) is -2.15. The van der Waals surface area contributed by atoms with Gasteiger partial charge in [-0.1, -0.05) is 11.6 Å². The quantitative estimate of drug-likeness (QED) is 0.495. The number of aromatic nitrogens is 4. The molecule has 0 spiro atoms. The first kappa shape index (κ1) is 22.5. The molecule has 1 atom stereocenters. The number of halogens is 4. The van der Waals surface area contributed by atoms with Crippen LogP contribution in [0, 0.1) is 5.41 Å². The molecule has 0 saturated carbocycles. The molecule has 11 heteroatoms. The molecule has 2 aromatic heterocycles. The van der Waals surface area contributed by atoms with Crippen LogP contribution in [-0.4, -0.2) is 32.1 Å². The van der Waals surface area contributed by atoms with Crippen molar-refractivity contribution in [1.29, 1.82) is 0 Å². The highest BCUT2D eigenvalue weighted by Gasteiger charge is 2.39. The minimum Gasteiger partial charge on any atom is -0.476 e. The number of nitrogens with zero attached hydrogens (tertiary/aromatic N) is 4. The number of hydrogen-bond donors (Lipinski definition) is 0. The van der Waals surface area contributed by atoms with Gasteiger partial charge >= 0.3 is 6.18 Å². The highest BCUT2D eigenvalue weighted by molar-refractivity contribution is 6.30. The van der Waals surface area contributed by atoms with Crippen LogP contribution in [0.25, 0.3) is 0 Å². The Bertz CT molecular complexity index is 1020. The summed E-state index contributed by atoms with van der Waals surface area (Å²) in [5, 5.41) is 4.45. The molecule has 0 aliphatic heterocycles. The summed E-state index contributed by atoms with van der Waals surface area (Å²) in [6.45, 7) is 2.68. The van der Waals surface area contributed by atoms with E-state index in [4.69, 9.17) is 21.1 Å². The Morgan fingerprint density at radius 1 is 1.19 bits per heavy atom. The third-order valence-electron chi connectivity index (χ3n) is 4.28. The molecule has 3 rings (SSSR count). The molecule has 0 aliphatic rings. The Balaban J connectivity index is 1.81. The van der Waals surface area contributed by atoms with E-state index in [0.29, 0.717) is 10.8 Å². The van der Waals surface area contributed by atoms with Gasteiger partial charge in [0, 0.05) is 11.2 Å². The van der Waals surface area contributed by atoms with Gasteiger partial charge in [-0.15, -0.1) is 0 Å². The Hall–Kier alpha value is -3.14. The third-order valence-corrected chi connectivity index (χ3v) is 4.53. The zero-order chi connectivity index (χ0) is 22.6. The summed E-state index contributed by atoms with van der Waals surface area (Å²) in [4.78, 5) is 20.8. The lowest BCUT2D eigenvalue weighted by atomic mass is 9.88. The van der Waals surface area contributed by atoms with Crippen molar-refractivity contribution in [3.05, 3.63) is 65.8 Å². The normalized spacial score (nSPS) is 13.0. The van der Waals surface area contributed by atoms with Gasteiger partial charge in [-0.25, -0.2) is 14.6 Å². The average molecular weight is 455 g/mol. The SMILES string of the molecule is CC(C)(COc1ncccc1C(F)(F)F)C(=O)C(Oc1ccc(Cl)cc1)n1cncn1. The van der Waals surface area contributed by atoms with Crippen molar-refractivity contribution in [2.75, 3.05) is 6.61 Å². The predicted octanol–water partition coefficient (Wildman–Crippen LogP) is 4.60. The van der Waals surface area contributed by atoms with Crippen molar-refractivity contribution in [3.63, 3.8) is 0 Å². The smallest absolute Gasteiger partial charge is 0.421 e. The Kier molecular flexibility index (Phi) is 6.49. The van der Waals surface area contributed by atoms with Gasteiger partial charge in [-0.2, -0.15) is 18.3 Å². The number of ether oxygens (including phenoxy) is 2. The van der Waals surface area contributed by atoms with Gasteiger partial charge in [0.15, 0.2) is 0 Å². The van der Waals surface area contributed by atoms with Crippen molar-refractivity contribution < 1.29 is 27.4 Å². The molecule has 0 N–H and O–H groups in total. The van der Waals surface area contributed by atoms with E-state index in [1.54, 1.807) is 24.3 Å². The number of alkyl halides is 3. The molecule has 7 nitrogen and oxygen atoms in total. The molecule has 1 aromatic carbocycles. The second-order valence-electron chi connectivity index (χ2n) is 7.19. The number of pyridine rings is 1. The highest BCUT2D eigenvalue weighted by atomic mass is 35.5. The number of hydrogen-bond acceptors (Lipinski definition) is 6. The van der Waals surface area contributed by atoms with Crippen LogP contribution in [0.5, 0.6) is 11.6 Å². The number of ketones is 1. The van der Waals surface area contributed by atoms with E-state index in [1.165, 1.54) is 37.4 Å². The summed E-state index contributed by atoms with van der Waals surface area (Å²) in [5.41, 5.74) is -2.29. The second-order valence-corrected chi connectivity index (χ2v) is 7.63. The van der Waals surface area contributed by atoms with Crippen LogP contribution in [0.2, 0.25) is 5.02 Å². The molecule has 3 aromatic rings. The number of benzene rings is 1. The molecular weight excluding hydrogens is 437 g/mol. The van der Waals surface area contributed by atoms with Crippen molar-refractivity contribution in [2.24, 2.45) is 5.41 Å². The Morgan fingerprint density at radius 2 is 1.90 bits per heavy atom. The maximum atomic E-state index is 13.3. The van der Waals surface area contributed by atoms with E-state index in [9.17, 15) is 18.0 Å². The lowest BCUT2D eigenvalue weighted by Gasteiger charge is -2.28. The molecule has 0 radical (unpaired) electrons. The third kappa shape index (κ3) is 5.52. The van der Waals surface area contributed by atoms with Crippen LogP contribution in [0.15, 0.2) is 55.2 Å². The van der Waals surface area contributed by atoms with E-state index in [1.807, 2.05) is 0 Å². The molecule has 2 heterocycles. The van der Waals surface area contributed by atoms with Gasteiger partial charge in [-0.05, 0) is 50.2 Å². The summed E-state index contributed by atoms with van der Waals surface area (Å²) in [6, 6.07) is 8.35. The molecule has 0 bridgehead atoms. The van der Waals surface area contributed by atoms with Crippen LogP contribution in [0.1, 0.15) is 25.6 Å². The lowest BCUT2D eigenvalue weighted by Crippen LogP contribution is -2.40. The summed E-state index contributed by atoms with van der Waals surface area (Å²) in [7, 11) is 0. The van der Waals surface area contributed by atoms with Gasteiger partial charge in [0.25, 0.3) is 6.23 Å². The minimum atomic E-state index is -4.64. The fraction of sp³-hybridized carbons (Fsp3) is 0.300. The molecule has 1 unspecified atom stereocenters. The van der Waals surface area contributed by atoms with Crippen LogP contribution < -0.4 is 9.47 Å². The number of carbonyl (C=O) groups excluding carboxylic acids is 1. The average Bonchev–Trinajstić information content (AvgIpc) is 3.25. The van der Waals surface area contributed by atoms with Gasteiger partial charge in [-0.3, -0.25) is 4.79 Å². The Morgan fingerprint density at radius 3 is 2.52 bits per heavy atom. The highest BCUT2D eigenvalue weighted by Crippen LogP contribution is 2.36. The second kappa shape index (κ2) is 8.93. The van der Waals surface area contributed by atoms with Crippen LogP contribution in [0.3, 0.4) is 0 Å². The van der Waals surface area contributed by atoms with Crippen molar-refractivity contribution in [3.8, 4) is 11.6 Å². The standard InChI is InChI=1S/C20H18ClF3N4O3/c1-19(2,10-30-17-15(20(22,23)24)4-3-9-26-17)16(29)18(28-12-25-11-27-28)31-14-7-5-13(21)6-8-14/h3-9,11-12,18H,10H2,1-2H3. The Labute approximate surface area is 180 Å². The molecule has 0 aliphatic carbocycles. The molecule has 164 valence electrons. The number of carbonyl (C=O) groups is 1. The predicted molar refractivity (Wildman–Crippen MR) is 105 cm³/mol. The van der Waals surface area contributed by atoms with Crippen LogP contribution >= 0.6 is 11.6 Å². The first-order chi connectivity index (χ1) is 14.6. The monoisotopic (exact) mass is 454 g/mol. The zero-order valence-corrected chi connectivity index (χ0v) is 17.3. The van der Waals surface area contributed by atoms with E-state index < -0.39 is 35.0 Å². The van der Waals surface area contributed by atoms with E-state index >= 15 is 0 Å². The van der Waals surface area contributed by atoms with Crippen LogP contribution in [-0.2, 0) is 11.0 Å². The van der Waals surface area contributed by atoms with Crippen LogP contribution in [0.4, 0.5) is 13.2 Å². The van der Waals surface area contributed by atoms with Crippen molar-refractivity contribution >= 4 is 17.4 Å². The first-order valence-corrected chi connectivity index (χ1v) is 9.41. The molecule has 0 saturated heterocycles. The van der Waals surface area contributed by atoms with Gasteiger partial charge in [0.2, 0.25) is 11.7 Å².